The maximum atomic E-state index is 5.62. The molecule has 0 aliphatic rings. The molecule has 1 heterocycles. The number of hydrogen-bond acceptors (Lipinski definition) is 5. The second-order valence-corrected chi connectivity index (χ2v) is 5.63. The van der Waals surface area contributed by atoms with Crippen LogP contribution in [-0.2, 0) is 5.41 Å². The molecule has 20 heavy (non-hydrogen) atoms. The lowest BCUT2D eigenvalue weighted by Crippen LogP contribution is -2.11. The van der Waals surface area contributed by atoms with Gasteiger partial charge in [0.2, 0.25) is 0 Å². The van der Waals surface area contributed by atoms with Crippen molar-refractivity contribution in [1.29, 1.82) is 0 Å². The second-order valence-electron chi connectivity index (χ2n) is 5.63. The summed E-state index contributed by atoms with van der Waals surface area (Å²) < 4.78 is 16.1. The molecule has 1 aromatic carbocycles. The Morgan fingerprint density at radius 1 is 1.10 bits per heavy atom. The zero-order valence-corrected chi connectivity index (χ0v) is 12.5. The molecule has 0 saturated heterocycles. The SMILES string of the molecule is COc1cc(C(C)(C)C)cc(-c2cc(N)no2)c1OC. The first-order chi connectivity index (χ1) is 9.36. The normalized spacial score (nSPS) is 11.4. The standard InChI is InChI=1S/C15H20N2O3/c1-15(2,3)9-6-10(11-8-13(16)17-20-11)14(19-5)12(7-9)18-4/h6-8H,1-5H3,(H2,16,17). The Kier molecular flexibility index (Phi) is 3.61. The van der Waals surface area contributed by atoms with Crippen molar-refractivity contribution in [3.63, 3.8) is 0 Å². The number of hydrogen-bond donors (Lipinski definition) is 1. The van der Waals surface area contributed by atoms with Gasteiger partial charge in [0.25, 0.3) is 0 Å². The van der Waals surface area contributed by atoms with Crippen molar-refractivity contribution >= 4 is 5.82 Å². The molecular formula is C15H20N2O3. The van der Waals surface area contributed by atoms with E-state index in [1.54, 1.807) is 20.3 Å². The highest BCUT2D eigenvalue weighted by Gasteiger charge is 2.22. The van der Waals surface area contributed by atoms with E-state index in [4.69, 9.17) is 19.7 Å². The van der Waals surface area contributed by atoms with Crippen LogP contribution in [0, 0.1) is 0 Å². The fraction of sp³-hybridized carbons (Fsp3) is 0.400. The molecule has 0 bridgehead atoms. The molecule has 0 atom stereocenters. The summed E-state index contributed by atoms with van der Waals surface area (Å²) in [7, 11) is 3.21. The number of benzene rings is 1. The maximum Gasteiger partial charge on any atom is 0.172 e. The fourth-order valence-electron chi connectivity index (χ4n) is 2.00. The van der Waals surface area contributed by atoms with Crippen LogP contribution in [-0.4, -0.2) is 19.4 Å². The number of methoxy groups -OCH3 is 2. The van der Waals surface area contributed by atoms with Crippen molar-refractivity contribution in [3.05, 3.63) is 23.8 Å². The molecule has 0 radical (unpaired) electrons. The van der Waals surface area contributed by atoms with Crippen molar-refractivity contribution in [2.75, 3.05) is 20.0 Å². The molecule has 0 aliphatic carbocycles. The molecule has 2 rings (SSSR count). The van der Waals surface area contributed by atoms with Crippen LogP contribution in [0.25, 0.3) is 11.3 Å². The summed E-state index contributed by atoms with van der Waals surface area (Å²) in [6.07, 6.45) is 0. The number of nitrogen functional groups attached to an aromatic ring is 1. The van der Waals surface area contributed by atoms with E-state index in [0.29, 0.717) is 23.1 Å². The molecule has 0 saturated carbocycles. The molecule has 5 nitrogen and oxygen atoms in total. The summed E-state index contributed by atoms with van der Waals surface area (Å²) >= 11 is 0. The number of rotatable bonds is 3. The summed E-state index contributed by atoms with van der Waals surface area (Å²) in [6, 6.07) is 5.66. The smallest absolute Gasteiger partial charge is 0.172 e. The summed E-state index contributed by atoms with van der Waals surface area (Å²) in [6.45, 7) is 6.40. The van der Waals surface area contributed by atoms with Crippen molar-refractivity contribution in [1.82, 2.24) is 5.16 Å². The summed E-state index contributed by atoms with van der Waals surface area (Å²) in [5, 5.41) is 3.72. The highest BCUT2D eigenvalue weighted by atomic mass is 16.5. The van der Waals surface area contributed by atoms with Crippen LogP contribution < -0.4 is 15.2 Å². The molecule has 5 heteroatoms. The molecule has 0 unspecified atom stereocenters. The first-order valence-electron chi connectivity index (χ1n) is 6.36. The van der Waals surface area contributed by atoms with Crippen molar-refractivity contribution in [2.24, 2.45) is 0 Å². The summed E-state index contributed by atoms with van der Waals surface area (Å²) in [5.41, 5.74) is 7.49. The minimum Gasteiger partial charge on any atom is -0.493 e. The summed E-state index contributed by atoms with van der Waals surface area (Å²) in [4.78, 5) is 0. The van der Waals surface area contributed by atoms with Gasteiger partial charge in [0, 0.05) is 6.07 Å². The van der Waals surface area contributed by atoms with Gasteiger partial charge in [0.15, 0.2) is 23.1 Å². The molecule has 2 aromatic rings. The Morgan fingerprint density at radius 2 is 1.80 bits per heavy atom. The minimum absolute atomic E-state index is 0.0279. The molecular weight excluding hydrogens is 256 g/mol. The van der Waals surface area contributed by atoms with Crippen LogP contribution in [0.5, 0.6) is 11.5 Å². The monoisotopic (exact) mass is 276 g/mol. The Morgan fingerprint density at radius 3 is 2.25 bits per heavy atom. The third kappa shape index (κ3) is 2.57. The van der Waals surface area contributed by atoms with Gasteiger partial charge in [0.05, 0.1) is 19.8 Å². The van der Waals surface area contributed by atoms with E-state index < -0.39 is 0 Å². The van der Waals surface area contributed by atoms with Crippen LogP contribution in [0.4, 0.5) is 5.82 Å². The zero-order chi connectivity index (χ0) is 14.9. The topological polar surface area (TPSA) is 70.5 Å². The van der Waals surface area contributed by atoms with E-state index >= 15 is 0 Å². The van der Waals surface area contributed by atoms with E-state index in [2.05, 4.69) is 25.9 Å². The lowest BCUT2D eigenvalue weighted by atomic mass is 9.85. The molecule has 0 spiro atoms. The molecule has 0 amide bonds. The Hall–Kier alpha value is -2.17. The number of anilines is 1. The third-order valence-corrected chi connectivity index (χ3v) is 3.14. The van der Waals surface area contributed by atoms with Gasteiger partial charge in [-0.05, 0) is 23.1 Å². The highest BCUT2D eigenvalue weighted by molar-refractivity contribution is 5.72. The number of ether oxygens (including phenoxy) is 2. The number of nitrogens with zero attached hydrogens (tertiary/aromatic N) is 1. The van der Waals surface area contributed by atoms with Gasteiger partial charge in [0.1, 0.15) is 0 Å². The van der Waals surface area contributed by atoms with E-state index in [-0.39, 0.29) is 5.41 Å². The number of aromatic nitrogens is 1. The second kappa shape index (κ2) is 5.07. The average molecular weight is 276 g/mol. The van der Waals surface area contributed by atoms with Crippen LogP contribution in [0.15, 0.2) is 22.7 Å². The maximum absolute atomic E-state index is 5.62. The largest absolute Gasteiger partial charge is 0.493 e. The van der Waals surface area contributed by atoms with Gasteiger partial charge >= 0.3 is 0 Å². The van der Waals surface area contributed by atoms with Gasteiger partial charge in [-0.15, -0.1) is 0 Å². The van der Waals surface area contributed by atoms with Crippen LogP contribution in [0.2, 0.25) is 0 Å². The van der Waals surface area contributed by atoms with Gasteiger partial charge in [-0.1, -0.05) is 25.9 Å². The Balaban J connectivity index is 2.69. The predicted molar refractivity (Wildman–Crippen MR) is 78.2 cm³/mol. The average Bonchev–Trinajstić information content (AvgIpc) is 2.82. The Labute approximate surface area is 118 Å². The minimum atomic E-state index is -0.0279. The number of nitrogens with two attached hydrogens (primary N) is 1. The molecule has 108 valence electrons. The molecule has 2 N–H and O–H groups in total. The van der Waals surface area contributed by atoms with Crippen LogP contribution >= 0.6 is 0 Å². The first kappa shape index (κ1) is 14.2. The van der Waals surface area contributed by atoms with Gasteiger partial charge < -0.3 is 19.7 Å². The van der Waals surface area contributed by atoms with E-state index in [0.717, 1.165) is 11.1 Å². The van der Waals surface area contributed by atoms with Crippen molar-refractivity contribution in [2.45, 2.75) is 26.2 Å². The van der Waals surface area contributed by atoms with Crippen molar-refractivity contribution < 1.29 is 14.0 Å². The molecule has 1 aromatic heterocycles. The molecule has 0 fully saturated rings. The van der Waals surface area contributed by atoms with E-state index in [9.17, 15) is 0 Å². The highest BCUT2D eigenvalue weighted by Crippen LogP contribution is 2.42. The van der Waals surface area contributed by atoms with Gasteiger partial charge in [-0.2, -0.15) is 0 Å². The quantitative estimate of drug-likeness (QED) is 0.931. The predicted octanol–water partition coefficient (Wildman–Crippen LogP) is 3.24. The fourth-order valence-corrected chi connectivity index (χ4v) is 2.00. The van der Waals surface area contributed by atoms with E-state index in [1.807, 2.05) is 12.1 Å². The third-order valence-electron chi connectivity index (χ3n) is 3.14. The summed E-state index contributed by atoms with van der Waals surface area (Å²) in [5.74, 6) is 2.16. The zero-order valence-electron chi connectivity index (χ0n) is 12.5. The van der Waals surface area contributed by atoms with Gasteiger partial charge in [-0.25, -0.2) is 0 Å². The van der Waals surface area contributed by atoms with Crippen LogP contribution in [0.3, 0.4) is 0 Å². The van der Waals surface area contributed by atoms with Crippen molar-refractivity contribution in [3.8, 4) is 22.8 Å². The lowest BCUT2D eigenvalue weighted by molar-refractivity contribution is 0.352. The lowest BCUT2D eigenvalue weighted by Gasteiger charge is -2.22. The Bertz CT molecular complexity index is 612. The van der Waals surface area contributed by atoms with Crippen LogP contribution in [0.1, 0.15) is 26.3 Å². The molecule has 0 aliphatic heterocycles. The first-order valence-corrected chi connectivity index (χ1v) is 6.36. The van der Waals surface area contributed by atoms with Gasteiger partial charge in [-0.3, -0.25) is 0 Å². The van der Waals surface area contributed by atoms with E-state index in [1.165, 1.54) is 0 Å².